The Kier molecular flexibility index (Phi) is 6.34. The zero-order valence-electron chi connectivity index (χ0n) is 17.5. The third-order valence-corrected chi connectivity index (χ3v) is 5.28. The standard InChI is InChI=1S/C22H26N2O6/c1-13(21(25)26)23-22(27)24-10-9-15-11-18(29-3)19(30-4)12-17(15)20(24)14-5-7-16(28-2)8-6-14/h5-8,11-13,20H,9-10H2,1-4H3,(H,23,27)(H,25,26)/t13-,20+/m0/s1. The van der Waals surface area contributed by atoms with Gasteiger partial charge in [-0.3, -0.25) is 4.79 Å². The molecule has 3 rings (SSSR count). The van der Waals surface area contributed by atoms with E-state index in [1.807, 2.05) is 36.4 Å². The lowest BCUT2D eigenvalue weighted by atomic mass is 9.87. The summed E-state index contributed by atoms with van der Waals surface area (Å²) in [6.07, 6.45) is 0.608. The van der Waals surface area contributed by atoms with Gasteiger partial charge in [-0.05, 0) is 54.3 Å². The topological polar surface area (TPSA) is 97.3 Å². The molecule has 2 amide bonds. The van der Waals surface area contributed by atoms with E-state index < -0.39 is 24.1 Å². The third kappa shape index (κ3) is 4.12. The first-order chi connectivity index (χ1) is 14.4. The van der Waals surface area contributed by atoms with Crippen molar-refractivity contribution in [2.24, 2.45) is 0 Å². The molecular weight excluding hydrogens is 388 g/mol. The molecule has 8 nitrogen and oxygen atoms in total. The lowest BCUT2D eigenvalue weighted by Gasteiger charge is -2.38. The van der Waals surface area contributed by atoms with Crippen LogP contribution in [0, 0.1) is 0 Å². The molecule has 8 heteroatoms. The molecule has 0 unspecified atom stereocenters. The Bertz CT molecular complexity index is 928. The van der Waals surface area contributed by atoms with Gasteiger partial charge >= 0.3 is 12.0 Å². The monoisotopic (exact) mass is 414 g/mol. The molecule has 1 aliphatic rings. The fraction of sp³-hybridized carbons (Fsp3) is 0.364. The molecule has 0 aromatic heterocycles. The van der Waals surface area contributed by atoms with Crippen molar-refractivity contribution in [3.8, 4) is 17.2 Å². The molecular formula is C22H26N2O6. The van der Waals surface area contributed by atoms with Crippen molar-refractivity contribution < 1.29 is 28.9 Å². The summed E-state index contributed by atoms with van der Waals surface area (Å²) in [6, 6.07) is 9.42. The molecule has 2 aromatic rings. The van der Waals surface area contributed by atoms with Crippen molar-refractivity contribution in [3.05, 3.63) is 53.1 Å². The van der Waals surface area contributed by atoms with Gasteiger partial charge in [-0.1, -0.05) is 12.1 Å². The third-order valence-electron chi connectivity index (χ3n) is 5.28. The normalized spacial score (nSPS) is 16.3. The Labute approximate surface area is 175 Å². The van der Waals surface area contributed by atoms with Gasteiger partial charge in [0.15, 0.2) is 11.5 Å². The second-order valence-electron chi connectivity index (χ2n) is 7.03. The van der Waals surface area contributed by atoms with E-state index in [-0.39, 0.29) is 0 Å². The number of hydrogen-bond acceptors (Lipinski definition) is 5. The number of ether oxygens (including phenoxy) is 3. The van der Waals surface area contributed by atoms with E-state index in [1.165, 1.54) is 6.92 Å². The van der Waals surface area contributed by atoms with E-state index >= 15 is 0 Å². The Morgan fingerprint density at radius 1 is 1.07 bits per heavy atom. The van der Waals surface area contributed by atoms with Crippen LogP contribution >= 0.6 is 0 Å². The Balaban J connectivity index is 2.07. The maximum absolute atomic E-state index is 13.0. The largest absolute Gasteiger partial charge is 0.497 e. The van der Waals surface area contributed by atoms with Gasteiger partial charge in [0, 0.05) is 6.54 Å². The Morgan fingerprint density at radius 3 is 2.27 bits per heavy atom. The number of aliphatic carboxylic acids is 1. The quantitative estimate of drug-likeness (QED) is 0.754. The summed E-state index contributed by atoms with van der Waals surface area (Å²) in [5.41, 5.74) is 2.83. The molecule has 0 fully saturated rings. The number of urea groups is 1. The summed E-state index contributed by atoms with van der Waals surface area (Å²) < 4.78 is 16.2. The lowest BCUT2D eigenvalue weighted by molar-refractivity contribution is -0.138. The second kappa shape index (κ2) is 8.94. The molecule has 0 spiro atoms. The molecule has 2 N–H and O–H groups in total. The molecule has 0 radical (unpaired) electrons. The van der Waals surface area contributed by atoms with Gasteiger partial charge in [0.1, 0.15) is 11.8 Å². The van der Waals surface area contributed by atoms with Crippen LogP contribution in [-0.2, 0) is 11.2 Å². The van der Waals surface area contributed by atoms with Crippen LogP contribution in [0.25, 0.3) is 0 Å². The molecule has 160 valence electrons. The summed E-state index contributed by atoms with van der Waals surface area (Å²) in [7, 11) is 4.74. The predicted octanol–water partition coefficient (Wildman–Crippen LogP) is 2.84. The van der Waals surface area contributed by atoms with E-state index in [4.69, 9.17) is 14.2 Å². The first kappa shape index (κ1) is 21.3. The van der Waals surface area contributed by atoms with Gasteiger partial charge < -0.3 is 29.5 Å². The van der Waals surface area contributed by atoms with Gasteiger partial charge in [-0.15, -0.1) is 0 Å². The van der Waals surface area contributed by atoms with Gasteiger partial charge in [0.25, 0.3) is 0 Å². The highest BCUT2D eigenvalue weighted by atomic mass is 16.5. The number of methoxy groups -OCH3 is 3. The number of rotatable bonds is 6. The van der Waals surface area contributed by atoms with Gasteiger partial charge in [-0.25, -0.2) is 4.79 Å². The number of amides is 2. The number of nitrogens with one attached hydrogen (secondary N) is 1. The van der Waals surface area contributed by atoms with E-state index in [2.05, 4.69) is 5.32 Å². The summed E-state index contributed by atoms with van der Waals surface area (Å²) in [4.78, 5) is 25.8. The van der Waals surface area contributed by atoms with Crippen LogP contribution in [0.4, 0.5) is 4.79 Å². The molecule has 2 aromatic carbocycles. The summed E-state index contributed by atoms with van der Waals surface area (Å²) >= 11 is 0. The zero-order valence-corrected chi connectivity index (χ0v) is 17.5. The first-order valence-electron chi connectivity index (χ1n) is 9.58. The second-order valence-corrected chi connectivity index (χ2v) is 7.03. The summed E-state index contributed by atoms with van der Waals surface area (Å²) in [5, 5.41) is 11.7. The lowest BCUT2D eigenvalue weighted by Crippen LogP contribution is -2.50. The van der Waals surface area contributed by atoms with Crippen molar-refractivity contribution in [1.29, 1.82) is 0 Å². The van der Waals surface area contributed by atoms with Crippen LogP contribution in [0.1, 0.15) is 29.7 Å². The number of carboxylic acid groups (broad SMARTS) is 1. The van der Waals surface area contributed by atoms with Crippen LogP contribution in [-0.4, -0.2) is 55.9 Å². The average Bonchev–Trinajstić information content (AvgIpc) is 2.77. The molecule has 30 heavy (non-hydrogen) atoms. The number of carboxylic acids is 1. The number of benzene rings is 2. The molecule has 2 atom stereocenters. The SMILES string of the molecule is COc1ccc([C@@H]2c3cc(OC)c(OC)cc3CCN2C(=O)N[C@@H](C)C(=O)O)cc1. The van der Waals surface area contributed by atoms with Crippen molar-refractivity contribution in [2.45, 2.75) is 25.4 Å². The van der Waals surface area contributed by atoms with E-state index in [9.17, 15) is 14.7 Å². The van der Waals surface area contributed by atoms with Crippen LogP contribution in [0.2, 0.25) is 0 Å². The number of carbonyl (C=O) groups is 2. The minimum absolute atomic E-state index is 0.416. The van der Waals surface area contributed by atoms with Gasteiger partial charge in [-0.2, -0.15) is 0 Å². The highest BCUT2D eigenvalue weighted by molar-refractivity contribution is 5.83. The number of nitrogens with zero attached hydrogens (tertiary/aromatic N) is 1. The van der Waals surface area contributed by atoms with E-state index in [0.29, 0.717) is 30.2 Å². The van der Waals surface area contributed by atoms with Crippen LogP contribution < -0.4 is 19.5 Å². The fourth-order valence-corrected chi connectivity index (χ4v) is 3.64. The van der Waals surface area contributed by atoms with E-state index in [0.717, 1.165) is 16.7 Å². The molecule has 0 saturated heterocycles. The molecule has 0 bridgehead atoms. The zero-order chi connectivity index (χ0) is 21.8. The summed E-state index contributed by atoms with van der Waals surface area (Å²) in [5.74, 6) is 0.809. The molecule has 0 aliphatic carbocycles. The fourth-order valence-electron chi connectivity index (χ4n) is 3.64. The predicted molar refractivity (Wildman–Crippen MR) is 110 cm³/mol. The van der Waals surface area contributed by atoms with Gasteiger partial charge in [0.2, 0.25) is 0 Å². The highest BCUT2D eigenvalue weighted by Gasteiger charge is 2.34. The highest BCUT2D eigenvalue weighted by Crippen LogP contribution is 2.41. The number of fused-ring (bicyclic) bond motifs is 1. The maximum atomic E-state index is 13.0. The summed E-state index contributed by atoms with van der Waals surface area (Å²) in [6.45, 7) is 1.87. The van der Waals surface area contributed by atoms with Gasteiger partial charge in [0.05, 0.1) is 27.4 Å². The van der Waals surface area contributed by atoms with Crippen molar-refractivity contribution in [3.63, 3.8) is 0 Å². The molecule has 0 saturated carbocycles. The Hall–Kier alpha value is -3.42. The minimum Gasteiger partial charge on any atom is -0.497 e. The van der Waals surface area contributed by atoms with Crippen LogP contribution in [0.5, 0.6) is 17.2 Å². The van der Waals surface area contributed by atoms with Crippen molar-refractivity contribution in [2.75, 3.05) is 27.9 Å². The number of carbonyl (C=O) groups excluding carboxylic acids is 1. The molecule has 1 aliphatic heterocycles. The maximum Gasteiger partial charge on any atom is 0.325 e. The minimum atomic E-state index is -1.09. The first-order valence-corrected chi connectivity index (χ1v) is 9.58. The molecule has 1 heterocycles. The van der Waals surface area contributed by atoms with Crippen molar-refractivity contribution >= 4 is 12.0 Å². The average molecular weight is 414 g/mol. The van der Waals surface area contributed by atoms with Crippen molar-refractivity contribution in [1.82, 2.24) is 10.2 Å². The Morgan fingerprint density at radius 2 is 1.70 bits per heavy atom. The van der Waals surface area contributed by atoms with Crippen LogP contribution in [0.15, 0.2) is 36.4 Å². The number of hydrogen-bond donors (Lipinski definition) is 2. The smallest absolute Gasteiger partial charge is 0.325 e. The van der Waals surface area contributed by atoms with Crippen LogP contribution in [0.3, 0.4) is 0 Å². The van der Waals surface area contributed by atoms with E-state index in [1.54, 1.807) is 26.2 Å².